The van der Waals surface area contributed by atoms with Gasteiger partial charge in [0.15, 0.2) is 6.17 Å². The molecule has 0 bridgehead atoms. The molecule has 0 aliphatic rings. The van der Waals surface area contributed by atoms with E-state index in [9.17, 15) is 53.4 Å². The summed E-state index contributed by atoms with van der Waals surface area (Å²) in [6.07, 6.45) is 6.24. The lowest BCUT2D eigenvalue weighted by atomic mass is 10.0. The van der Waals surface area contributed by atoms with Crippen molar-refractivity contribution in [3.05, 3.63) is 124 Å². The molecule has 1 heterocycles. The van der Waals surface area contributed by atoms with Gasteiger partial charge in [0.1, 0.15) is 53.8 Å². The summed E-state index contributed by atoms with van der Waals surface area (Å²) in [4.78, 5) is 132. The highest BCUT2D eigenvalue weighted by molar-refractivity contribution is 7.98. The molecule has 8 atom stereocenters. The fraction of sp³-hybridized carbons (Fsp3) is 0.360. The minimum Gasteiger partial charge on any atom is -0.508 e. The third kappa shape index (κ3) is 20.6. The topological polar surface area (TPSA) is 434 Å². The second kappa shape index (κ2) is 30.9. The quantitative estimate of drug-likeness (QED) is 0.0120. The highest BCUT2D eigenvalue weighted by Gasteiger charge is 2.35. The highest BCUT2D eigenvalue weighted by Crippen LogP contribution is 2.16. The van der Waals surface area contributed by atoms with Gasteiger partial charge in [-0.2, -0.15) is 11.8 Å². The van der Waals surface area contributed by atoms with Gasteiger partial charge in [-0.05, 0) is 71.3 Å². The van der Waals surface area contributed by atoms with Crippen molar-refractivity contribution in [2.45, 2.75) is 99.8 Å². The smallest absolute Gasteiger partial charge is 0.243 e. The lowest BCUT2D eigenvalue weighted by molar-refractivity contribution is -0.135. The number of H-pyrrole nitrogens is 1. The van der Waals surface area contributed by atoms with Gasteiger partial charge >= 0.3 is 0 Å². The van der Waals surface area contributed by atoms with Gasteiger partial charge < -0.3 is 69.6 Å². The van der Waals surface area contributed by atoms with E-state index in [0.29, 0.717) is 22.4 Å². The molecule has 1 aromatic heterocycles. The number of carbonyl (C=O) groups excluding carboxylic acids is 9. The van der Waals surface area contributed by atoms with Crippen LogP contribution in [0.4, 0.5) is 0 Å². The maximum atomic E-state index is 14.7. The number of hydrogen-bond donors (Lipinski definition) is 13. The number of amides is 9. The van der Waals surface area contributed by atoms with Crippen molar-refractivity contribution in [2.24, 2.45) is 22.3 Å². The first-order chi connectivity index (χ1) is 36.8. The summed E-state index contributed by atoms with van der Waals surface area (Å²) in [5.41, 5.74) is 27.2. The monoisotopic (exact) mass is 1080 g/mol. The average molecular weight is 1080 g/mol. The Hall–Kier alpha value is -9.12. The number of primary amides is 2. The molecule has 4 rings (SSSR count). The van der Waals surface area contributed by atoms with Crippen LogP contribution in [-0.4, -0.2) is 134 Å². The first-order valence-electron chi connectivity index (χ1n) is 23.8. The van der Waals surface area contributed by atoms with E-state index in [1.807, 2.05) is 0 Å². The number of thioether (sulfide) groups is 1. The molecule has 4 aromatic rings. The number of aromatic amines is 1. The van der Waals surface area contributed by atoms with Gasteiger partial charge in [0, 0.05) is 55.3 Å². The summed E-state index contributed by atoms with van der Waals surface area (Å²) in [6, 6.07) is 9.84. The lowest BCUT2D eigenvalue weighted by Crippen LogP contribution is -2.61. The van der Waals surface area contributed by atoms with Crippen LogP contribution < -0.4 is 54.4 Å². The Labute approximate surface area is 446 Å². The van der Waals surface area contributed by atoms with Crippen molar-refractivity contribution >= 4 is 64.9 Å². The van der Waals surface area contributed by atoms with Gasteiger partial charge in [0.2, 0.25) is 53.2 Å². The normalized spacial score (nSPS) is 13.8. The molecule has 3 aromatic carbocycles. The Morgan fingerprint density at radius 1 is 0.636 bits per heavy atom. The molecule has 9 amide bonds. The van der Waals surface area contributed by atoms with Crippen LogP contribution in [0.2, 0.25) is 0 Å². The fourth-order valence-corrected chi connectivity index (χ4v) is 7.91. The molecule has 0 spiro atoms. The fourth-order valence-electron chi connectivity index (χ4n) is 7.44. The van der Waals surface area contributed by atoms with E-state index in [2.05, 4.69) is 63.1 Å². The Morgan fingerprint density at radius 2 is 1.05 bits per heavy atom. The summed E-state index contributed by atoms with van der Waals surface area (Å²) in [5, 5.41) is 41.1. The number of carbonyl (C=O) groups is 9. The van der Waals surface area contributed by atoms with E-state index in [0.717, 1.165) is 0 Å². The SMILES string of the molecule is C#CCC(NC(=O)C(Cc1ccc(O)cc1)NC(=O)C(Cc1ccc(O)cc1)NC(=O)C(Cc1ccccc1)NC(=O)C(CCSC)NC(=O)C(CCC(N)=O)NC(=O)C(Cc1cnc[nH]1)NC(=O)C(N)N=[N+]=[N-])C(N)=O. The molecule has 26 nitrogen and oxygen atoms in total. The van der Waals surface area contributed by atoms with Gasteiger partial charge in [-0.3, -0.25) is 43.2 Å². The molecule has 8 unspecified atom stereocenters. The number of phenolic OH excluding ortho intramolecular Hbond substituents is 2. The zero-order valence-corrected chi connectivity index (χ0v) is 42.5. The molecule has 0 fully saturated rings. The molecule has 0 saturated heterocycles. The Kier molecular flexibility index (Phi) is 24.3. The second-order valence-corrected chi connectivity index (χ2v) is 18.4. The number of rotatable bonds is 31. The minimum absolute atomic E-state index is 0.0287. The van der Waals surface area contributed by atoms with Crippen molar-refractivity contribution in [3.63, 3.8) is 0 Å². The van der Waals surface area contributed by atoms with Crippen LogP contribution in [0.3, 0.4) is 0 Å². The lowest BCUT2D eigenvalue weighted by Gasteiger charge is -2.28. The van der Waals surface area contributed by atoms with E-state index >= 15 is 0 Å². The van der Waals surface area contributed by atoms with Crippen LogP contribution in [0.25, 0.3) is 10.4 Å². The van der Waals surface area contributed by atoms with Crippen LogP contribution in [0.5, 0.6) is 11.5 Å². The molecule has 0 saturated carbocycles. The first-order valence-corrected chi connectivity index (χ1v) is 25.2. The van der Waals surface area contributed by atoms with E-state index in [-0.39, 0.29) is 62.2 Å². The van der Waals surface area contributed by atoms with Gasteiger partial charge in [-0.1, -0.05) is 59.7 Å². The number of nitrogens with two attached hydrogens (primary N) is 3. The maximum absolute atomic E-state index is 14.7. The van der Waals surface area contributed by atoms with Gasteiger partial charge in [0.05, 0.1) is 6.33 Å². The maximum Gasteiger partial charge on any atom is 0.243 e. The molecule has 408 valence electrons. The zero-order chi connectivity index (χ0) is 56.4. The molecule has 0 aliphatic carbocycles. The third-order valence-corrected chi connectivity index (χ3v) is 12.2. The predicted molar refractivity (Wildman–Crippen MR) is 281 cm³/mol. The van der Waals surface area contributed by atoms with E-state index in [1.165, 1.54) is 72.8 Å². The van der Waals surface area contributed by atoms with Crippen molar-refractivity contribution in [3.8, 4) is 23.8 Å². The van der Waals surface area contributed by atoms with Crippen LogP contribution in [0, 0.1) is 12.3 Å². The number of nitrogens with one attached hydrogen (secondary N) is 8. The molecular weight excluding hydrogens is 1020 g/mol. The molecule has 77 heavy (non-hydrogen) atoms. The number of aromatic hydroxyl groups is 2. The summed E-state index contributed by atoms with van der Waals surface area (Å²) >= 11 is 1.32. The second-order valence-electron chi connectivity index (χ2n) is 17.4. The number of azide groups is 1. The van der Waals surface area contributed by atoms with E-state index < -0.39 is 108 Å². The molecular formula is C50H61N15O11S. The first kappa shape index (κ1) is 60.4. The largest absolute Gasteiger partial charge is 0.508 e. The van der Waals surface area contributed by atoms with Crippen LogP contribution in [-0.2, 0) is 68.8 Å². The van der Waals surface area contributed by atoms with Crippen molar-refractivity contribution < 1.29 is 53.4 Å². The van der Waals surface area contributed by atoms with Crippen LogP contribution in [0.15, 0.2) is 96.5 Å². The minimum atomic E-state index is -1.73. The van der Waals surface area contributed by atoms with Gasteiger partial charge in [-0.15, -0.1) is 12.3 Å². The number of benzene rings is 3. The van der Waals surface area contributed by atoms with Crippen molar-refractivity contribution in [1.82, 2.24) is 47.2 Å². The van der Waals surface area contributed by atoms with Gasteiger partial charge in [0.25, 0.3) is 0 Å². The summed E-state index contributed by atoms with van der Waals surface area (Å²) in [6.45, 7) is 0. The van der Waals surface area contributed by atoms with Crippen LogP contribution >= 0.6 is 11.8 Å². The van der Waals surface area contributed by atoms with Crippen LogP contribution in [0.1, 0.15) is 48.1 Å². The Morgan fingerprint density at radius 3 is 1.47 bits per heavy atom. The molecule has 16 N–H and O–H groups in total. The number of terminal acetylenes is 1. The summed E-state index contributed by atoms with van der Waals surface area (Å²) < 4.78 is 0. The highest BCUT2D eigenvalue weighted by atomic mass is 32.2. The summed E-state index contributed by atoms with van der Waals surface area (Å²) in [5.74, 6) is -5.88. The zero-order valence-electron chi connectivity index (χ0n) is 41.7. The molecule has 0 aliphatic heterocycles. The standard InChI is InChI=1S/C50H61N15O11S/c1-3-7-34(43(53)69)57-46(72)38(23-29-10-14-32(66)15-11-29)61-48(74)39(24-30-12-16-33(67)17-13-30)62-47(73)37(22-28-8-5-4-6-9-28)60-45(71)36(20-21-77-2)59-44(70)35(18-19-41(51)68)58-49(75)40(25-31-26-55-27-56-31)63-50(76)42(52)64-65-54/h1,4-6,8-17,26-27,34-40,42,66-67H,7,18-25,52H2,2H3,(H2,51,68)(H2,53,69)(H,55,56)(H,57,72)(H,58,75)(H,59,70)(H,60,71)(H,61,74)(H,62,73)(H,63,76). The molecule has 0 radical (unpaired) electrons. The van der Waals surface area contributed by atoms with Crippen molar-refractivity contribution in [1.29, 1.82) is 0 Å². The Balaban J connectivity index is 1.67. The number of phenols is 2. The summed E-state index contributed by atoms with van der Waals surface area (Å²) in [7, 11) is 0. The van der Waals surface area contributed by atoms with Crippen molar-refractivity contribution in [2.75, 3.05) is 12.0 Å². The number of nitrogens with zero attached hydrogens (tertiary/aromatic N) is 4. The van der Waals surface area contributed by atoms with E-state index in [1.54, 1.807) is 36.6 Å². The predicted octanol–water partition coefficient (Wildman–Crippen LogP) is -1.39. The number of aromatic nitrogens is 2. The number of imidazole rings is 1. The third-order valence-electron chi connectivity index (χ3n) is 11.5. The number of hydrogen-bond acceptors (Lipinski definition) is 15. The molecule has 27 heteroatoms. The van der Waals surface area contributed by atoms with E-state index in [4.69, 9.17) is 29.2 Å². The Bertz CT molecular complexity index is 2760. The average Bonchev–Trinajstić information content (AvgIpc) is 3.92. The van der Waals surface area contributed by atoms with Gasteiger partial charge in [-0.25, -0.2) is 4.98 Å².